The van der Waals surface area contributed by atoms with Gasteiger partial charge in [0.1, 0.15) is 0 Å². The first-order valence-electron chi connectivity index (χ1n) is 4.97. The second-order valence-corrected chi connectivity index (χ2v) is 5.12. The predicted molar refractivity (Wildman–Crippen MR) is 62.0 cm³/mol. The number of hydrogen-bond acceptors (Lipinski definition) is 2. The second kappa shape index (κ2) is 5.67. The van der Waals surface area contributed by atoms with Crippen LogP contribution < -0.4 is 0 Å². The maximum atomic E-state index is 11.9. The van der Waals surface area contributed by atoms with Gasteiger partial charge >= 0.3 is 0 Å². The third-order valence-corrected chi connectivity index (χ3v) is 3.80. The van der Waals surface area contributed by atoms with Crippen molar-refractivity contribution in [1.29, 1.82) is 5.26 Å². The van der Waals surface area contributed by atoms with Crippen molar-refractivity contribution in [3.63, 3.8) is 0 Å². The van der Waals surface area contributed by atoms with Gasteiger partial charge in [-0.05, 0) is 37.5 Å². The average Bonchev–Trinajstić information content (AvgIpc) is 2.22. The predicted octanol–water partition coefficient (Wildman–Crippen LogP) is 2.71. The fourth-order valence-electron chi connectivity index (χ4n) is 1.34. The van der Waals surface area contributed by atoms with Crippen molar-refractivity contribution < 1.29 is 4.21 Å². The van der Waals surface area contributed by atoms with E-state index in [4.69, 9.17) is 5.26 Å². The topological polar surface area (TPSA) is 40.9 Å². The van der Waals surface area contributed by atoms with Crippen molar-refractivity contribution in [2.75, 3.05) is 5.75 Å². The summed E-state index contributed by atoms with van der Waals surface area (Å²) < 4.78 is 11.9. The Kier molecular flexibility index (Phi) is 4.51. The molecule has 0 saturated heterocycles. The number of aryl methyl sites for hydroxylation is 2. The molecule has 0 aliphatic rings. The Morgan fingerprint density at radius 1 is 1.40 bits per heavy atom. The van der Waals surface area contributed by atoms with Gasteiger partial charge in [0.15, 0.2) is 0 Å². The number of nitriles is 1. The summed E-state index contributed by atoms with van der Waals surface area (Å²) in [6, 6.07) is 8.05. The zero-order valence-electron chi connectivity index (χ0n) is 9.12. The molecule has 80 valence electrons. The highest BCUT2D eigenvalue weighted by Gasteiger charge is 2.06. The lowest BCUT2D eigenvalue weighted by molar-refractivity contribution is 0.680. The van der Waals surface area contributed by atoms with Gasteiger partial charge in [-0.15, -0.1) is 0 Å². The van der Waals surface area contributed by atoms with Crippen LogP contribution in [0.25, 0.3) is 0 Å². The van der Waals surface area contributed by atoms with E-state index in [2.05, 4.69) is 6.07 Å². The van der Waals surface area contributed by atoms with E-state index >= 15 is 0 Å². The normalized spacial score (nSPS) is 12.1. The SMILES string of the molecule is Cc1ccc(C)c(S(=O)CCCC#N)c1. The first-order chi connectivity index (χ1) is 7.15. The molecule has 0 N–H and O–H groups in total. The minimum absolute atomic E-state index is 0.483. The van der Waals surface area contributed by atoms with Crippen molar-refractivity contribution >= 4 is 10.8 Å². The molecule has 0 spiro atoms. The Labute approximate surface area is 93.4 Å². The molecule has 3 heteroatoms. The quantitative estimate of drug-likeness (QED) is 0.733. The molecular weight excluding hydrogens is 206 g/mol. The van der Waals surface area contributed by atoms with Gasteiger partial charge in [-0.2, -0.15) is 5.26 Å². The smallest absolute Gasteiger partial charge is 0.0622 e. The molecule has 1 aromatic rings. The molecule has 2 nitrogen and oxygen atoms in total. The fraction of sp³-hybridized carbons (Fsp3) is 0.417. The van der Waals surface area contributed by atoms with Gasteiger partial charge in [-0.25, -0.2) is 0 Å². The summed E-state index contributed by atoms with van der Waals surface area (Å²) in [4.78, 5) is 0.910. The van der Waals surface area contributed by atoms with E-state index in [1.807, 2.05) is 32.0 Å². The summed E-state index contributed by atoms with van der Waals surface area (Å²) in [5, 5.41) is 8.40. The largest absolute Gasteiger partial charge is 0.254 e. The molecule has 0 saturated carbocycles. The standard InChI is InChI=1S/C12H15NOS/c1-10-5-6-11(2)12(9-10)15(14)8-4-3-7-13/h5-6,9H,3-4,8H2,1-2H3. The minimum atomic E-state index is -0.958. The van der Waals surface area contributed by atoms with Gasteiger partial charge in [-0.1, -0.05) is 12.1 Å². The molecule has 0 aliphatic heterocycles. The van der Waals surface area contributed by atoms with Crippen LogP contribution in [0, 0.1) is 25.2 Å². The zero-order chi connectivity index (χ0) is 11.3. The second-order valence-electron chi connectivity index (χ2n) is 3.58. The van der Waals surface area contributed by atoms with Gasteiger partial charge in [0, 0.05) is 17.1 Å². The van der Waals surface area contributed by atoms with Gasteiger partial charge in [0.25, 0.3) is 0 Å². The van der Waals surface area contributed by atoms with Crippen molar-refractivity contribution in [1.82, 2.24) is 0 Å². The fourth-order valence-corrected chi connectivity index (χ4v) is 2.72. The third kappa shape index (κ3) is 3.49. The highest BCUT2D eigenvalue weighted by Crippen LogP contribution is 2.15. The van der Waals surface area contributed by atoms with E-state index in [0.717, 1.165) is 16.0 Å². The lowest BCUT2D eigenvalue weighted by atomic mass is 10.2. The lowest BCUT2D eigenvalue weighted by Gasteiger charge is -2.06. The summed E-state index contributed by atoms with van der Waals surface area (Å²) in [7, 11) is -0.958. The number of hydrogen-bond donors (Lipinski definition) is 0. The Bertz CT molecular complexity index is 407. The molecule has 1 rings (SSSR count). The molecule has 0 aromatic heterocycles. The Hall–Kier alpha value is -1.14. The average molecular weight is 221 g/mol. The first-order valence-corrected chi connectivity index (χ1v) is 6.29. The summed E-state index contributed by atoms with van der Waals surface area (Å²) in [6.45, 7) is 3.96. The Morgan fingerprint density at radius 3 is 2.80 bits per heavy atom. The van der Waals surface area contributed by atoms with Gasteiger partial charge in [-0.3, -0.25) is 4.21 Å². The van der Waals surface area contributed by atoms with Crippen LogP contribution in [0.2, 0.25) is 0 Å². The van der Waals surface area contributed by atoms with Crippen LogP contribution in [-0.2, 0) is 10.8 Å². The number of rotatable bonds is 4. The van der Waals surface area contributed by atoms with Crippen LogP contribution in [0.3, 0.4) is 0 Å². The van der Waals surface area contributed by atoms with Crippen LogP contribution in [0.15, 0.2) is 23.1 Å². The number of benzene rings is 1. The zero-order valence-corrected chi connectivity index (χ0v) is 9.93. The van der Waals surface area contributed by atoms with Crippen molar-refractivity contribution in [3.05, 3.63) is 29.3 Å². The maximum Gasteiger partial charge on any atom is 0.0622 e. The van der Waals surface area contributed by atoms with Crippen LogP contribution in [0.1, 0.15) is 24.0 Å². The van der Waals surface area contributed by atoms with Crippen LogP contribution in [0.5, 0.6) is 0 Å². The molecule has 0 fully saturated rings. The molecular formula is C12H15NOS. The van der Waals surface area contributed by atoms with Crippen molar-refractivity contribution in [3.8, 4) is 6.07 Å². The molecule has 1 atom stereocenters. The van der Waals surface area contributed by atoms with Crippen LogP contribution in [-0.4, -0.2) is 9.96 Å². The highest BCUT2D eigenvalue weighted by atomic mass is 32.2. The Balaban J connectivity index is 2.73. The lowest BCUT2D eigenvalue weighted by Crippen LogP contribution is -2.00. The Morgan fingerprint density at radius 2 is 2.13 bits per heavy atom. The summed E-state index contributed by atoms with van der Waals surface area (Å²) in [5.74, 6) is 0.581. The van der Waals surface area contributed by atoms with E-state index < -0.39 is 10.8 Å². The van der Waals surface area contributed by atoms with E-state index in [-0.39, 0.29) is 0 Å². The highest BCUT2D eigenvalue weighted by molar-refractivity contribution is 7.85. The van der Waals surface area contributed by atoms with Crippen molar-refractivity contribution in [2.45, 2.75) is 31.6 Å². The van der Waals surface area contributed by atoms with Crippen LogP contribution >= 0.6 is 0 Å². The minimum Gasteiger partial charge on any atom is -0.254 e. The number of unbranched alkanes of at least 4 members (excludes halogenated alkanes) is 1. The molecule has 0 heterocycles. The molecule has 15 heavy (non-hydrogen) atoms. The first kappa shape index (κ1) is 11.9. The monoisotopic (exact) mass is 221 g/mol. The molecule has 1 unspecified atom stereocenters. The maximum absolute atomic E-state index is 11.9. The van der Waals surface area contributed by atoms with Gasteiger partial charge in [0.05, 0.1) is 16.9 Å². The van der Waals surface area contributed by atoms with E-state index in [9.17, 15) is 4.21 Å². The summed E-state index contributed by atoms with van der Waals surface area (Å²) in [5.41, 5.74) is 2.19. The van der Waals surface area contributed by atoms with Crippen molar-refractivity contribution in [2.24, 2.45) is 0 Å². The third-order valence-electron chi connectivity index (χ3n) is 2.21. The summed E-state index contributed by atoms with van der Waals surface area (Å²) in [6.07, 6.45) is 1.19. The molecule has 0 bridgehead atoms. The molecule has 1 aromatic carbocycles. The van der Waals surface area contributed by atoms with E-state index in [1.165, 1.54) is 0 Å². The number of nitrogens with zero attached hydrogens (tertiary/aromatic N) is 1. The molecule has 0 aliphatic carbocycles. The summed E-state index contributed by atoms with van der Waals surface area (Å²) >= 11 is 0. The van der Waals surface area contributed by atoms with Crippen LogP contribution in [0.4, 0.5) is 0 Å². The van der Waals surface area contributed by atoms with E-state index in [1.54, 1.807) is 0 Å². The van der Waals surface area contributed by atoms with Gasteiger partial charge < -0.3 is 0 Å². The van der Waals surface area contributed by atoms with Gasteiger partial charge in [0.2, 0.25) is 0 Å². The molecule has 0 radical (unpaired) electrons. The van der Waals surface area contributed by atoms with E-state index in [0.29, 0.717) is 18.6 Å². The molecule has 0 amide bonds.